The molecule has 3 rings (SSSR count). The number of hydrogen-bond donors (Lipinski definition) is 1. The fourth-order valence-electron chi connectivity index (χ4n) is 4.05. The SMILES string of the molecule is CC1CCCC2(CSC(=NCC3(N(C)C)CCC3)N2)C1. The summed E-state index contributed by atoms with van der Waals surface area (Å²) in [6.07, 6.45) is 9.44. The van der Waals surface area contributed by atoms with Crippen LogP contribution >= 0.6 is 11.8 Å². The van der Waals surface area contributed by atoms with Gasteiger partial charge in [-0.1, -0.05) is 31.5 Å². The van der Waals surface area contributed by atoms with Gasteiger partial charge in [0.2, 0.25) is 0 Å². The Hall–Kier alpha value is -0.220. The predicted molar refractivity (Wildman–Crippen MR) is 88.5 cm³/mol. The quantitative estimate of drug-likeness (QED) is 0.867. The zero-order valence-electron chi connectivity index (χ0n) is 13.2. The molecule has 1 saturated heterocycles. The summed E-state index contributed by atoms with van der Waals surface area (Å²) in [5, 5.41) is 5.01. The molecule has 2 unspecified atom stereocenters. The van der Waals surface area contributed by atoms with Crippen molar-refractivity contribution in [2.45, 2.75) is 62.9 Å². The first-order chi connectivity index (χ1) is 9.54. The van der Waals surface area contributed by atoms with Crippen LogP contribution in [0.25, 0.3) is 0 Å². The molecule has 0 bridgehead atoms. The molecule has 3 fully saturated rings. The Bertz CT molecular complexity index is 389. The molecular formula is C16H29N3S. The number of likely N-dealkylation sites (N-methyl/N-ethyl adjacent to an activating group) is 1. The van der Waals surface area contributed by atoms with Crippen molar-refractivity contribution < 1.29 is 0 Å². The third-order valence-electron chi connectivity index (χ3n) is 5.70. The van der Waals surface area contributed by atoms with E-state index in [9.17, 15) is 0 Å². The van der Waals surface area contributed by atoms with E-state index >= 15 is 0 Å². The summed E-state index contributed by atoms with van der Waals surface area (Å²) >= 11 is 1.96. The van der Waals surface area contributed by atoms with E-state index in [4.69, 9.17) is 4.99 Å². The molecule has 2 aliphatic carbocycles. The molecule has 4 heteroatoms. The Balaban J connectivity index is 1.60. The van der Waals surface area contributed by atoms with Gasteiger partial charge in [0.1, 0.15) is 0 Å². The van der Waals surface area contributed by atoms with Crippen molar-refractivity contribution in [2.24, 2.45) is 10.9 Å². The monoisotopic (exact) mass is 295 g/mol. The maximum Gasteiger partial charge on any atom is 0.157 e. The minimum absolute atomic E-state index is 0.352. The van der Waals surface area contributed by atoms with Gasteiger partial charge in [0.15, 0.2) is 5.17 Å². The van der Waals surface area contributed by atoms with E-state index in [1.807, 2.05) is 11.8 Å². The molecule has 2 atom stereocenters. The fraction of sp³-hybridized carbons (Fsp3) is 0.938. The van der Waals surface area contributed by atoms with Gasteiger partial charge in [-0.25, -0.2) is 0 Å². The van der Waals surface area contributed by atoms with Crippen LogP contribution in [-0.4, -0.2) is 47.5 Å². The summed E-state index contributed by atoms with van der Waals surface area (Å²) in [6, 6.07) is 0. The molecule has 0 aromatic carbocycles. The van der Waals surface area contributed by atoms with Crippen molar-refractivity contribution in [3.8, 4) is 0 Å². The minimum Gasteiger partial charge on any atom is -0.359 e. The number of nitrogens with one attached hydrogen (secondary N) is 1. The van der Waals surface area contributed by atoms with Crippen LogP contribution in [0.3, 0.4) is 0 Å². The second-order valence-electron chi connectivity index (χ2n) is 7.49. The Labute approximate surface area is 128 Å². The predicted octanol–water partition coefficient (Wildman–Crippen LogP) is 3.11. The van der Waals surface area contributed by atoms with Crippen molar-refractivity contribution in [1.82, 2.24) is 10.2 Å². The van der Waals surface area contributed by atoms with Gasteiger partial charge in [-0.3, -0.25) is 4.99 Å². The van der Waals surface area contributed by atoms with E-state index in [0.717, 1.165) is 12.5 Å². The summed E-state index contributed by atoms with van der Waals surface area (Å²) in [6.45, 7) is 3.37. The normalized spacial score (nSPS) is 38.2. The van der Waals surface area contributed by atoms with E-state index in [1.54, 1.807) is 0 Å². The highest BCUT2D eigenvalue weighted by Gasteiger charge is 2.42. The van der Waals surface area contributed by atoms with Crippen molar-refractivity contribution in [2.75, 3.05) is 26.4 Å². The van der Waals surface area contributed by atoms with Crippen LogP contribution in [0.4, 0.5) is 0 Å². The van der Waals surface area contributed by atoms with Crippen LogP contribution < -0.4 is 5.32 Å². The van der Waals surface area contributed by atoms with Crippen LogP contribution in [0.2, 0.25) is 0 Å². The van der Waals surface area contributed by atoms with E-state index in [2.05, 4.69) is 31.2 Å². The van der Waals surface area contributed by atoms with Gasteiger partial charge >= 0.3 is 0 Å². The van der Waals surface area contributed by atoms with Gasteiger partial charge in [-0.15, -0.1) is 0 Å². The first-order valence-electron chi connectivity index (χ1n) is 8.17. The molecular weight excluding hydrogens is 266 g/mol. The van der Waals surface area contributed by atoms with Gasteiger partial charge in [0.25, 0.3) is 0 Å². The van der Waals surface area contributed by atoms with E-state index in [1.165, 1.54) is 55.9 Å². The summed E-state index contributed by atoms with van der Waals surface area (Å²) in [4.78, 5) is 7.33. The third-order valence-corrected chi connectivity index (χ3v) is 6.90. The average Bonchev–Trinajstić information content (AvgIpc) is 2.70. The number of aliphatic imine (C=N–C) groups is 1. The first kappa shape index (κ1) is 14.7. The van der Waals surface area contributed by atoms with Crippen molar-refractivity contribution >= 4 is 16.9 Å². The van der Waals surface area contributed by atoms with Crippen LogP contribution in [0.1, 0.15) is 51.9 Å². The molecule has 1 spiro atoms. The third kappa shape index (κ3) is 2.74. The van der Waals surface area contributed by atoms with Gasteiger partial charge < -0.3 is 10.2 Å². The van der Waals surface area contributed by atoms with Crippen LogP contribution in [0.5, 0.6) is 0 Å². The molecule has 0 amide bonds. The lowest BCUT2D eigenvalue weighted by molar-refractivity contribution is 0.0700. The minimum atomic E-state index is 0.352. The van der Waals surface area contributed by atoms with Gasteiger partial charge in [0.05, 0.1) is 6.54 Å². The molecule has 2 saturated carbocycles. The first-order valence-corrected chi connectivity index (χ1v) is 9.15. The van der Waals surface area contributed by atoms with Crippen molar-refractivity contribution in [3.63, 3.8) is 0 Å². The van der Waals surface area contributed by atoms with Crippen molar-refractivity contribution in [1.29, 1.82) is 0 Å². The molecule has 0 aromatic heterocycles. The van der Waals surface area contributed by atoms with E-state index in [0.29, 0.717) is 11.1 Å². The maximum atomic E-state index is 4.94. The second kappa shape index (κ2) is 5.53. The summed E-state index contributed by atoms with van der Waals surface area (Å²) in [7, 11) is 4.41. The van der Waals surface area contributed by atoms with Crippen LogP contribution in [0, 0.1) is 5.92 Å². The van der Waals surface area contributed by atoms with Gasteiger partial charge in [0, 0.05) is 16.8 Å². The Morgan fingerprint density at radius 2 is 2.10 bits per heavy atom. The topological polar surface area (TPSA) is 27.6 Å². The lowest BCUT2D eigenvalue weighted by Crippen LogP contribution is -2.53. The molecule has 1 aliphatic heterocycles. The Morgan fingerprint density at radius 3 is 2.70 bits per heavy atom. The largest absolute Gasteiger partial charge is 0.359 e. The van der Waals surface area contributed by atoms with Gasteiger partial charge in [-0.2, -0.15) is 0 Å². The van der Waals surface area contributed by atoms with E-state index < -0.39 is 0 Å². The Kier molecular flexibility index (Phi) is 4.06. The molecule has 3 aliphatic rings. The molecule has 0 radical (unpaired) electrons. The number of nitrogens with zero attached hydrogens (tertiary/aromatic N) is 2. The highest BCUT2D eigenvalue weighted by molar-refractivity contribution is 8.14. The lowest BCUT2D eigenvalue weighted by Gasteiger charge is -2.46. The smallest absolute Gasteiger partial charge is 0.157 e. The highest BCUT2D eigenvalue weighted by atomic mass is 32.2. The lowest BCUT2D eigenvalue weighted by atomic mass is 9.76. The molecule has 114 valence electrons. The second-order valence-corrected chi connectivity index (χ2v) is 8.45. The molecule has 20 heavy (non-hydrogen) atoms. The zero-order valence-corrected chi connectivity index (χ0v) is 14.1. The standard InChI is InChI=1S/C16H29N3S/c1-13-6-4-7-15(10-13)12-20-14(18-15)17-11-16(19(2)3)8-5-9-16/h13H,4-12H2,1-3H3,(H,17,18). The summed E-state index contributed by atoms with van der Waals surface area (Å²) in [5.74, 6) is 2.10. The number of thioether (sulfide) groups is 1. The molecule has 1 N–H and O–H groups in total. The highest BCUT2D eigenvalue weighted by Crippen LogP contribution is 2.40. The fourth-order valence-corrected chi connectivity index (χ4v) is 5.24. The van der Waals surface area contributed by atoms with Crippen LogP contribution in [0.15, 0.2) is 4.99 Å². The summed E-state index contributed by atoms with van der Waals surface area (Å²) in [5.41, 5.74) is 0.719. The zero-order chi connectivity index (χ0) is 14.2. The van der Waals surface area contributed by atoms with Crippen molar-refractivity contribution in [3.05, 3.63) is 0 Å². The van der Waals surface area contributed by atoms with Gasteiger partial charge in [-0.05, 0) is 52.1 Å². The maximum absolute atomic E-state index is 4.94. The number of hydrogen-bond acceptors (Lipinski definition) is 3. The molecule has 1 heterocycles. The van der Waals surface area contributed by atoms with Crippen LogP contribution in [-0.2, 0) is 0 Å². The molecule has 0 aromatic rings. The average molecular weight is 295 g/mol. The number of rotatable bonds is 3. The van der Waals surface area contributed by atoms with E-state index in [-0.39, 0.29) is 0 Å². The molecule has 3 nitrogen and oxygen atoms in total. The Morgan fingerprint density at radius 1 is 1.30 bits per heavy atom. The number of amidine groups is 1. The summed E-state index contributed by atoms with van der Waals surface area (Å²) < 4.78 is 0.